The Balaban J connectivity index is 2.37. The molecular weight excluding hydrogens is 182 g/mol. The monoisotopic (exact) mass is 191 g/mol. The van der Waals surface area contributed by atoms with Crippen molar-refractivity contribution in [2.24, 2.45) is 11.1 Å². The van der Waals surface area contributed by atoms with Crippen LogP contribution in [0.15, 0.2) is 5.16 Å². The molecule has 0 aliphatic carbocycles. The molecule has 1 aliphatic rings. The Bertz CT molecular complexity index is 133. The fraction of sp³-hybridized carbons (Fsp3) is 0.833. The second-order valence-electron chi connectivity index (χ2n) is 2.56. The van der Waals surface area contributed by atoms with E-state index in [1.807, 2.05) is 0 Å². The quantitative estimate of drug-likeness (QED) is 0.623. The number of hydrogen-bond acceptors (Lipinski definition) is 2. The number of oxime groups is 1. The molecule has 52 valence electrons. The zero-order valence-corrected chi connectivity index (χ0v) is 7.18. The Hall–Kier alpha value is -0.0500. The summed E-state index contributed by atoms with van der Waals surface area (Å²) in [6.07, 6.45) is 1.22. The molecule has 3 heteroatoms. The lowest BCUT2D eigenvalue weighted by atomic mass is 10.1. The van der Waals surface area contributed by atoms with E-state index in [1.165, 1.54) is 0 Å². The third-order valence-electron chi connectivity index (χ3n) is 1.40. The minimum absolute atomic E-state index is 0.291. The van der Waals surface area contributed by atoms with E-state index >= 15 is 0 Å². The van der Waals surface area contributed by atoms with E-state index < -0.39 is 0 Å². The van der Waals surface area contributed by atoms with Gasteiger partial charge >= 0.3 is 0 Å². The van der Waals surface area contributed by atoms with E-state index in [1.54, 1.807) is 0 Å². The second-order valence-corrected chi connectivity index (χ2v) is 3.47. The van der Waals surface area contributed by atoms with Crippen LogP contribution in [0, 0.1) is 5.92 Å². The molecular formula is C6H10BrNO. The van der Waals surface area contributed by atoms with Gasteiger partial charge < -0.3 is 4.84 Å². The van der Waals surface area contributed by atoms with Gasteiger partial charge in [-0.05, 0) is 21.8 Å². The first kappa shape index (κ1) is 7.06. The molecule has 1 rings (SSSR count). The molecule has 0 fully saturated rings. The van der Waals surface area contributed by atoms with Crippen LogP contribution in [0.4, 0.5) is 0 Å². The molecule has 2 nitrogen and oxygen atoms in total. The van der Waals surface area contributed by atoms with Crippen molar-refractivity contribution in [2.75, 3.05) is 0 Å². The Morgan fingerprint density at radius 1 is 1.78 bits per heavy atom. The summed E-state index contributed by atoms with van der Waals surface area (Å²) in [5.41, 5.74) is 0. The zero-order chi connectivity index (χ0) is 6.85. The predicted molar refractivity (Wildman–Crippen MR) is 40.7 cm³/mol. The van der Waals surface area contributed by atoms with E-state index in [-0.39, 0.29) is 0 Å². The van der Waals surface area contributed by atoms with Crippen LogP contribution in [0.3, 0.4) is 0 Å². The summed E-state index contributed by atoms with van der Waals surface area (Å²) in [7, 11) is 0. The van der Waals surface area contributed by atoms with Crippen LogP contribution in [0.25, 0.3) is 0 Å². The highest BCUT2D eigenvalue weighted by molar-refractivity contribution is 9.18. The van der Waals surface area contributed by atoms with Gasteiger partial charge in [-0.15, -0.1) is 0 Å². The fourth-order valence-corrected chi connectivity index (χ4v) is 1.13. The van der Waals surface area contributed by atoms with Crippen LogP contribution in [-0.2, 0) is 4.84 Å². The van der Waals surface area contributed by atoms with Gasteiger partial charge in [-0.2, -0.15) is 0 Å². The van der Waals surface area contributed by atoms with Crippen LogP contribution in [0.1, 0.15) is 20.3 Å². The average molecular weight is 192 g/mol. The lowest BCUT2D eigenvalue weighted by Gasteiger charge is -2.10. The van der Waals surface area contributed by atoms with Crippen LogP contribution < -0.4 is 0 Å². The SMILES string of the molecule is CC(C)[C@@H]1CC(Br)=NO1. The highest BCUT2D eigenvalue weighted by Gasteiger charge is 2.21. The largest absolute Gasteiger partial charge is 0.391 e. The maximum absolute atomic E-state index is 5.07. The van der Waals surface area contributed by atoms with Gasteiger partial charge in [0.05, 0.1) is 0 Å². The topological polar surface area (TPSA) is 21.6 Å². The molecule has 0 amide bonds. The molecule has 0 radical (unpaired) electrons. The third-order valence-corrected chi connectivity index (χ3v) is 1.87. The van der Waals surface area contributed by atoms with Crippen molar-refractivity contribution in [1.82, 2.24) is 0 Å². The summed E-state index contributed by atoms with van der Waals surface area (Å²) < 4.78 is 0.932. The van der Waals surface area contributed by atoms with E-state index in [9.17, 15) is 0 Å². The van der Waals surface area contributed by atoms with Crippen molar-refractivity contribution in [3.8, 4) is 0 Å². The minimum atomic E-state index is 0.291. The number of rotatable bonds is 1. The molecule has 0 saturated heterocycles. The maximum Gasteiger partial charge on any atom is 0.136 e. The Labute approximate surface area is 63.4 Å². The van der Waals surface area contributed by atoms with Gasteiger partial charge in [0.1, 0.15) is 10.7 Å². The van der Waals surface area contributed by atoms with Gasteiger partial charge in [-0.3, -0.25) is 0 Å². The van der Waals surface area contributed by atoms with Crippen molar-refractivity contribution in [3.63, 3.8) is 0 Å². The molecule has 0 saturated carbocycles. The highest BCUT2D eigenvalue weighted by atomic mass is 79.9. The molecule has 0 aromatic carbocycles. The lowest BCUT2D eigenvalue weighted by Crippen LogP contribution is -2.13. The number of hydrogen-bond donors (Lipinski definition) is 0. The molecule has 0 N–H and O–H groups in total. The normalized spacial score (nSPS) is 26.2. The van der Waals surface area contributed by atoms with Gasteiger partial charge in [0, 0.05) is 6.42 Å². The van der Waals surface area contributed by atoms with E-state index in [0.29, 0.717) is 12.0 Å². The summed E-state index contributed by atoms with van der Waals surface area (Å²) in [5.74, 6) is 0.559. The Kier molecular flexibility index (Phi) is 2.11. The molecule has 0 bridgehead atoms. The fourth-order valence-electron chi connectivity index (χ4n) is 0.723. The average Bonchev–Trinajstić information content (AvgIpc) is 2.14. The number of nitrogens with zero attached hydrogens (tertiary/aromatic N) is 1. The molecule has 0 aromatic heterocycles. The molecule has 0 unspecified atom stereocenters. The van der Waals surface area contributed by atoms with Gasteiger partial charge in [0.2, 0.25) is 0 Å². The summed E-state index contributed by atoms with van der Waals surface area (Å²) in [4.78, 5) is 5.07. The number of halogens is 1. The molecule has 1 aliphatic heterocycles. The van der Waals surface area contributed by atoms with Gasteiger partial charge in [0.15, 0.2) is 0 Å². The second kappa shape index (κ2) is 2.69. The first-order chi connectivity index (χ1) is 4.20. The summed E-state index contributed by atoms with van der Waals surface area (Å²) in [6, 6.07) is 0. The maximum atomic E-state index is 5.07. The molecule has 9 heavy (non-hydrogen) atoms. The summed E-state index contributed by atoms with van der Waals surface area (Å²) in [5, 5.41) is 3.77. The van der Waals surface area contributed by atoms with Crippen LogP contribution in [0.2, 0.25) is 0 Å². The first-order valence-electron chi connectivity index (χ1n) is 3.08. The third kappa shape index (κ3) is 1.68. The molecule has 0 spiro atoms. The van der Waals surface area contributed by atoms with Crippen LogP contribution >= 0.6 is 15.9 Å². The van der Waals surface area contributed by atoms with Crippen LogP contribution in [-0.4, -0.2) is 10.7 Å². The highest BCUT2D eigenvalue weighted by Crippen LogP contribution is 2.20. The van der Waals surface area contributed by atoms with Crippen molar-refractivity contribution in [3.05, 3.63) is 0 Å². The predicted octanol–water partition coefficient (Wildman–Crippen LogP) is 2.14. The van der Waals surface area contributed by atoms with Crippen molar-refractivity contribution in [2.45, 2.75) is 26.4 Å². The van der Waals surface area contributed by atoms with Gasteiger partial charge in [-0.25, -0.2) is 0 Å². The van der Waals surface area contributed by atoms with E-state index in [2.05, 4.69) is 34.9 Å². The Morgan fingerprint density at radius 2 is 2.44 bits per heavy atom. The van der Waals surface area contributed by atoms with Crippen molar-refractivity contribution >= 4 is 20.6 Å². The van der Waals surface area contributed by atoms with Crippen LogP contribution in [0.5, 0.6) is 0 Å². The standard InChI is InChI=1S/C6H10BrNO/c1-4(2)5-3-6(7)8-9-5/h4-5H,3H2,1-2H3/t5-/m0/s1. The smallest absolute Gasteiger partial charge is 0.136 e. The van der Waals surface area contributed by atoms with E-state index in [0.717, 1.165) is 11.0 Å². The van der Waals surface area contributed by atoms with Gasteiger partial charge in [0.25, 0.3) is 0 Å². The molecule has 1 atom stereocenters. The summed E-state index contributed by atoms with van der Waals surface area (Å²) >= 11 is 3.27. The summed E-state index contributed by atoms with van der Waals surface area (Å²) in [6.45, 7) is 4.26. The molecule has 1 heterocycles. The minimum Gasteiger partial charge on any atom is -0.391 e. The lowest BCUT2D eigenvalue weighted by molar-refractivity contribution is 0.0521. The van der Waals surface area contributed by atoms with Gasteiger partial charge in [-0.1, -0.05) is 19.0 Å². The van der Waals surface area contributed by atoms with Crippen molar-refractivity contribution < 1.29 is 4.84 Å². The zero-order valence-electron chi connectivity index (χ0n) is 5.60. The Morgan fingerprint density at radius 3 is 2.67 bits per heavy atom. The first-order valence-corrected chi connectivity index (χ1v) is 3.87. The van der Waals surface area contributed by atoms with E-state index in [4.69, 9.17) is 4.84 Å². The van der Waals surface area contributed by atoms with Crippen molar-refractivity contribution in [1.29, 1.82) is 0 Å². The molecule has 0 aromatic rings.